The maximum absolute atomic E-state index is 14.6. The molecule has 2 heterocycles. The fourth-order valence-electron chi connectivity index (χ4n) is 4.42. The number of ether oxygens (including phenoxy) is 1. The summed E-state index contributed by atoms with van der Waals surface area (Å²) in [6, 6.07) is 5.38. The van der Waals surface area contributed by atoms with Crippen LogP contribution in [0.2, 0.25) is 0 Å². The van der Waals surface area contributed by atoms with Gasteiger partial charge in [0.25, 0.3) is 0 Å². The number of carbonyl (C=O) groups is 3. The van der Waals surface area contributed by atoms with E-state index in [-0.39, 0.29) is 22.6 Å². The number of Topliss-reactive ketones (excluding diaryl/α,β-unsaturated/α-hetero) is 1. The molecule has 2 amide bonds. The van der Waals surface area contributed by atoms with Crippen LogP contribution in [0.3, 0.4) is 0 Å². The Labute approximate surface area is 234 Å². The van der Waals surface area contributed by atoms with Crippen molar-refractivity contribution in [2.45, 2.75) is 38.5 Å². The number of rotatable bonds is 9. The summed E-state index contributed by atoms with van der Waals surface area (Å²) in [4.78, 5) is 53.5. The molecule has 1 aliphatic rings. The van der Waals surface area contributed by atoms with Gasteiger partial charge in [-0.15, -0.1) is 17.8 Å². The second kappa shape index (κ2) is 11.7. The normalized spacial score (nSPS) is 18.5. The third-order valence-electron chi connectivity index (χ3n) is 6.13. The quantitative estimate of drug-likeness (QED) is 0.117. The predicted octanol–water partition coefficient (Wildman–Crippen LogP) is 4.58. The minimum absolute atomic E-state index is 0.0402. The Morgan fingerprint density at radius 2 is 1.90 bits per heavy atom. The van der Waals surface area contributed by atoms with Gasteiger partial charge in [-0.3, -0.25) is 18.9 Å². The van der Waals surface area contributed by atoms with E-state index in [1.807, 2.05) is 0 Å². The van der Waals surface area contributed by atoms with Gasteiger partial charge >= 0.3 is 14.0 Å². The highest BCUT2D eigenvalue weighted by molar-refractivity contribution is 7.51. The van der Waals surface area contributed by atoms with Crippen molar-refractivity contribution >= 4 is 41.8 Å². The van der Waals surface area contributed by atoms with E-state index in [0.717, 1.165) is 23.7 Å². The maximum Gasteiger partial charge on any atom is 0.573 e. The molecule has 1 aliphatic heterocycles. The Morgan fingerprint density at radius 1 is 1.19 bits per heavy atom. The number of alkyl halides is 4. The molecule has 42 heavy (non-hydrogen) atoms. The summed E-state index contributed by atoms with van der Waals surface area (Å²) in [5.74, 6) is -4.93. The molecule has 2 aromatic carbocycles. The average Bonchev–Trinajstić information content (AvgIpc) is 3.44. The summed E-state index contributed by atoms with van der Waals surface area (Å²) in [6.45, 7) is 1.18. The first-order chi connectivity index (χ1) is 19.5. The fourth-order valence-corrected chi connectivity index (χ4v) is 4.64. The van der Waals surface area contributed by atoms with Gasteiger partial charge in [-0.05, 0) is 31.2 Å². The number of nitrogens with one attached hydrogen (secondary N) is 1. The van der Waals surface area contributed by atoms with E-state index in [4.69, 9.17) is 4.89 Å². The van der Waals surface area contributed by atoms with Gasteiger partial charge in [-0.1, -0.05) is 6.07 Å². The lowest BCUT2D eigenvalue weighted by molar-refractivity contribution is -0.275. The van der Waals surface area contributed by atoms with Crippen LogP contribution in [0.4, 0.5) is 27.6 Å². The molecule has 1 fully saturated rings. The Hall–Kier alpha value is -4.01. The Balaban J connectivity index is 1.57. The first kappa shape index (κ1) is 30.9. The first-order valence-electron chi connectivity index (χ1n) is 12.1. The molecule has 0 bridgehead atoms. The van der Waals surface area contributed by atoms with Gasteiger partial charge in [0, 0.05) is 36.3 Å². The van der Waals surface area contributed by atoms with Crippen LogP contribution in [0.15, 0.2) is 42.6 Å². The summed E-state index contributed by atoms with van der Waals surface area (Å²) in [6.07, 6.45) is -5.94. The van der Waals surface area contributed by atoms with Gasteiger partial charge in [0.15, 0.2) is 23.1 Å². The molecule has 1 saturated heterocycles. The van der Waals surface area contributed by atoms with Gasteiger partial charge in [-0.2, -0.15) is 0 Å². The number of anilines is 1. The van der Waals surface area contributed by atoms with Crippen LogP contribution in [0.25, 0.3) is 10.9 Å². The topological polar surface area (TPSA) is 136 Å². The van der Waals surface area contributed by atoms with Gasteiger partial charge in [-0.25, -0.2) is 8.78 Å². The fraction of sp³-hybridized carbons (Fsp3) is 0.320. The highest BCUT2D eigenvalue weighted by Gasteiger charge is 2.40. The summed E-state index contributed by atoms with van der Waals surface area (Å²) in [5, 5.41) is 2.47. The van der Waals surface area contributed by atoms with Crippen molar-refractivity contribution in [1.82, 2.24) is 9.47 Å². The van der Waals surface area contributed by atoms with Crippen molar-refractivity contribution < 1.29 is 60.1 Å². The monoisotopic (exact) mass is 619 g/mol. The molecule has 3 aromatic rings. The van der Waals surface area contributed by atoms with Crippen molar-refractivity contribution in [2.24, 2.45) is 0 Å². The number of halogens is 5. The largest absolute Gasteiger partial charge is 0.573 e. The van der Waals surface area contributed by atoms with E-state index in [0.29, 0.717) is 11.5 Å². The lowest BCUT2D eigenvalue weighted by Gasteiger charge is -2.24. The van der Waals surface area contributed by atoms with Crippen molar-refractivity contribution in [3.63, 3.8) is 0 Å². The zero-order valence-corrected chi connectivity index (χ0v) is 22.7. The number of fused-ring (bicyclic) bond motifs is 1. The van der Waals surface area contributed by atoms with Crippen LogP contribution in [0.1, 0.15) is 23.7 Å². The second-order valence-corrected chi connectivity index (χ2v) is 11.2. The van der Waals surface area contributed by atoms with Gasteiger partial charge in [0.05, 0.1) is 17.7 Å². The molecule has 3 atom stereocenters. The van der Waals surface area contributed by atoms with Crippen LogP contribution < -0.4 is 14.9 Å². The number of amides is 2. The molecule has 1 aromatic heterocycles. The van der Waals surface area contributed by atoms with Gasteiger partial charge < -0.3 is 29.3 Å². The van der Waals surface area contributed by atoms with E-state index in [9.17, 15) is 45.8 Å². The van der Waals surface area contributed by atoms with Crippen LogP contribution >= 0.6 is 7.60 Å². The predicted molar refractivity (Wildman–Crippen MR) is 136 cm³/mol. The third-order valence-corrected chi connectivity index (χ3v) is 6.48. The molecule has 0 radical (unpaired) electrons. The number of benzene rings is 2. The summed E-state index contributed by atoms with van der Waals surface area (Å²) < 4.78 is 87.4. The highest BCUT2D eigenvalue weighted by atomic mass is 31.2. The zero-order chi connectivity index (χ0) is 31.0. The Kier molecular flexibility index (Phi) is 8.62. The van der Waals surface area contributed by atoms with Crippen molar-refractivity contribution in [2.75, 3.05) is 18.5 Å². The molecule has 2 N–H and O–H groups in total. The third kappa shape index (κ3) is 7.24. The lowest BCUT2D eigenvalue weighted by atomic mass is 10.1. The summed E-state index contributed by atoms with van der Waals surface area (Å²) >= 11 is 0. The highest BCUT2D eigenvalue weighted by Crippen LogP contribution is 2.38. The number of hydrogen-bond donors (Lipinski definition) is 2. The van der Waals surface area contributed by atoms with E-state index in [1.54, 1.807) is 0 Å². The number of carbonyl (C=O) groups excluding carboxylic acids is 3. The molecular formula is C25H23F5N3O8P. The van der Waals surface area contributed by atoms with Crippen molar-refractivity contribution in [1.29, 1.82) is 0 Å². The summed E-state index contributed by atoms with van der Waals surface area (Å²) in [5.41, 5.74) is -0.198. The van der Waals surface area contributed by atoms with Crippen LogP contribution in [-0.2, 0) is 25.4 Å². The molecule has 4 rings (SSSR count). The molecule has 226 valence electrons. The number of hydrogen-bond acceptors (Lipinski definition) is 7. The lowest BCUT2D eigenvalue weighted by Crippen LogP contribution is -2.44. The molecule has 0 aliphatic carbocycles. The van der Waals surface area contributed by atoms with Crippen LogP contribution in [0.5, 0.6) is 11.5 Å². The molecule has 17 heteroatoms. The Bertz CT molecular complexity index is 1590. The first-order valence-corrected chi connectivity index (χ1v) is 14.1. The SMILES string of the molecule is CC(=O)c1cn(CC(=O)N2C[C@H](F)C[C@H]2C(=O)Nc2cccc(OC(F)(F)F)c2F)c2cc(OOP(C)(=O)O)ccc12. The minimum atomic E-state index is -5.19. The van der Waals surface area contributed by atoms with Crippen LogP contribution in [-0.4, -0.2) is 63.7 Å². The number of nitrogens with zero attached hydrogens (tertiary/aromatic N) is 2. The average molecular weight is 619 g/mol. The molecule has 0 spiro atoms. The van der Waals surface area contributed by atoms with E-state index >= 15 is 0 Å². The number of ketones is 1. The molecule has 1 unspecified atom stereocenters. The molecule has 0 saturated carbocycles. The van der Waals surface area contributed by atoms with E-state index in [1.165, 1.54) is 35.9 Å². The zero-order valence-electron chi connectivity index (χ0n) is 21.9. The number of likely N-dealkylation sites (tertiary alicyclic amines) is 1. The molecular weight excluding hydrogens is 596 g/mol. The number of aromatic nitrogens is 1. The van der Waals surface area contributed by atoms with Crippen molar-refractivity contribution in [3.8, 4) is 11.5 Å². The second-order valence-electron chi connectivity index (χ2n) is 9.42. The van der Waals surface area contributed by atoms with E-state index < -0.39 is 74.8 Å². The Morgan fingerprint density at radius 3 is 2.55 bits per heavy atom. The maximum atomic E-state index is 14.6. The van der Waals surface area contributed by atoms with Gasteiger partial charge in [0.1, 0.15) is 18.8 Å². The van der Waals surface area contributed by atoms with Crippen molar-refractivity contribution in [3.05, 3.63) is 54.0 Å². The minimum Gasteiger partial charge on any atom is -0.403 e. The van der Waals surface area contributed by atoms with Crippen LogP contribution in [0, 0.1) is 5.82 Å². The van der Waals surface area contributed by atoms with E-state index in [2.05, 4.69) is 14.7 Å². The molecule has 11 nitrogen and oxygen atoms in total. The standard InChI is InChI=1S/C25H23F5N3O8P/c1-13(34)17-11-32(19-9-15(6-7-16(17)19)40-41-42(2,37)38)12-22(35)33-10-14(26)8-20(33)24(36)31-18-4-3-5-21(23(18)27)39-25(28,29)30/h3-7,9,11,14,20H,8,10,12H2,1-2H3,(H,31,36)(H,37,38)/t14-,20+/m1/s1. The summed E-state index contributed by atoms with van der Waals surface area (Å²) in [7, 11) is -4.01. The van der Waals surface area contributed by atoms with Gasteiger partial charge in [0.2, 0.25) is 11.8 Å². The smallest absolute Gasteiger partial charge is 0.403 e.